The van der Waals surface area contributed by atoms with E-state index in [1.807, 2.05) is 13.8 Å². The first-order valence-corrected chi connectivity index (χ1v) is 17.8. The molecule has 0 aliphatic rings. The highest BCUT2D eigenvalue weighted by Gasteiger charge is 2.39. The van der Waals surface area contributed by atoms with Crippen molar-refractivity contribution in [1.82, 2.24) is 10.6 Å². The van der Waals surface area contributed by atoms with Crippen LogP contribution in [-0.2, 0) is 28.7 Å². The van der Waals surface area contributed by atoms with Gasteiger partial charge in [0.25, 0.3) is 11.8 Å². The van der Waals surface area contributed by atoms with Gasteiger partial charge < -0.3 is 31.6 Å². The monoisotopic (exact) mass is 626 g/mol. The van der Waals surface area contributed by atoms with E-state index in [1.54, 1.807) is 0 Å². The Hall–Kier alpha value is -2.20. The summed E-state index contributed by atoms with van der Waals surface area (Å²) < 4.78 is 11.1. The number of nitrogens with two attached hydrogens (primary N) is 2. The number of unbranched alkanes of at least 4 members (excludes halogenated alkanes) is 16. The molecule has 0 heterocycles. The highest BCUT2D eigenvalue weighted by molar-refractivity contribution is 5.93. The second-order valence-corrected chi connectivity index (χ2v) is 11.8. The average Bonchev–Trinajstić information content (AvgIpc) is 3.02. The molecule has 0 aromatic carbocycles. The molecule has 44 heavy (non-hydrogen) atoms. The fourth-order valence-electron chi connectivity index (χ4n) is 4.91. The van der Waals surface area contributed by atoms with E-state index in [9.17, 15) is 19.2 Å². The molecular formula is C34H66N4O6. The highest BCUT2D eigenvalue weighted by Crippen LogP contribution is 2.15. The molecule has 0 aliphatic heterocycles. The maximum atomic E-state index is 13.1. The Bertz CT molecular complexity index is 677. The van der Waals surface area contributed by atoms with Crippen LogP contribution in [0.2, 0.25) is 0 Å². The normalized spacial score (nSPS) is 12.4. The lowest BCUT2D eigenvalue weighted by atomic mass is 10.1. The minimum Gasteiger partial charge on any atom is -0.448 e. The van der Waals surface area contributed by atoms with E-state index in [1.165, 1.54) is 51.4 Å². The molecule has 10 heteroatoms. The zero-order valence-corrected chi connectivity index (χ0v) is 28.1. The van der Waals surface area contributed by atoms with Gasteiger partial charge in [-0.25, -0.2) is 0 Å². The number of rotatable bonds is 31. The molecule has 6 N–H and O–H groups in total. The van der Waals surface area contributed by atoms with Gasteiger partial charge in [0.2, 0.25) is 12.2 Å². The van der Waals surface area contributed by atoms with E-state index < -0.39 is 36.0 Å². The Morgan fingerprint density at radius 2 is 0.750 bits per heavy atom. The smallest absolute Gasteiger partial charge is 0.306 e. The van der Waals surface area contributed by atoms with Crippen molar-refractivity contribution < 1.29 is 28.7 Å². The number of hydrogen-bond acceptors (Lipinski definition) is 8. The van der Waals surface area contributed by atoms with Gasteiger partial charge in [0.1, 0.15) is 0 Å². The maximum Gasteiger partial charge on any atom is 0.306 e. The number of carbonyl (C=O) groups is 4. The molecule has 0 unspecified atom stereocenters. The van der Waals surface area contributed by atoms with Gasteiger partial charge in [-0.1, -0.05) is 104 Å². The fourth-order valence-corrected chi connectivity index (χ4v) is 4.91. The second kappa shape index (κ2) is 30.8. The van der Waals surface area contributed by atoms with E-state index in [2.05, 4.69) is 10.6 Å². The van der Waals surface area contributed by atoms with Gasteiger partial charge in [-0.3, -0.25) is 19.2 Å². The molecular weight excluding hydrogens is 560 g/mol. The van der Waals surface area contributed by atoms with Gasteiger partial charge in [-0.2, -0.15) is 0 Å². The van der Waals surface area contributed by atoms with Crippen LogP contribution >= 0.6 is 0 Å². The molecule has 0 radical (unpaired) electrons. The van der Waals surface area contributed by atoms with Crippen molar-refractivity contribution in [1.29, 1.82) is 0 Å². The molecule has 2 amide bonds. The third-order valence-electron chi connectivity index (χ3n) is 7.58. The van der Waals surface area contributed by atoms with Crippen molar-refractivity contribution >= 4 is 23.8 Å². The number of hydrogen-bond donors (Lipinski definition) is 4. The largest absolute Gasteiger partial charge is 0.448 e. The zero-order valence-electron chi connectivity index (χ0n) is 28.1. The highest BCUT2D eigenvalue weighted by atomic mass is 16.6. The Morgan fingerprint density at radius 3 is 1.02 bits per heavy atom. The maximum absolute atomic E-state index is 13.1. The lowest BCUT2D eigenvalue weighted by Crippen LogP contribution is -2.53. The lowest BCUT2D eigenvalue weighted by Gasteiger charge is -2.25. The summed E-state index contributed by atoms with van der Waals surface area (Å²) in [6, 6.07) is 0. The van der Waals surface area contributed by atoms with Crippen molar-refractivity contribution in [2.45, 2.75) is 167 Å². The van der Waals surface area contributed by atoms with Gasteiger partial charge in [0.15, 0.2) is 0 Å². The van der Waals surface area contributed by atoms with Crippen LogP contribution in [0, 0.1) is 0 Å². The van der Waals surface area contributed by atoms with Crippen molar-refractivity contribution in [3.05, 3.63) is 0 Å². The van der Waals surface area contributed by atoms with Crippen LogP contribution in [0.15, 0.2) is 0 Å². The van der Waals surface area contributed by atoms with Crippen LogP contribution in [0.3, 0.4) is 0 Å². The van der Waals surface area contributed by atoms with Crippen molar-refractivity contribution in [3.63, 3.8) is 0 Å². The molecule has 0 aliphatic carbocycles. The molecule has 10 nitrogen and oxygen atoms in total. The van der Waals surface area contributed by atoms with Crippen LogP contribution < -0.4 is 22.1 Å². The minimum atomic E-state index is -1.54. The number of ether oxygens (including phenoxy) is 2. The third-order valence-corrected chi connectivity index (χ3v) is 7.58. The molecule has 0 fully saturated rings. The molecule has 2 atom stereocenters. The van der Waals surface area contributed by atoms with Crippen molar-refractivity contribution in [2.24, 2.45) is 11.5 Å². The number of carbonyl (C=O) groups excluding carboxylic acids is 4. The Kier molecular flexibility index (Phi) is 29.3. The average molecular weight is 627 g/mol. The van der Waals surface area contributed by atoms with Gasteiger partial charge in [0, 0.05) is 25.9 Å². The third kappa shape index (κ3) is 24.2. The van der Waals surface area contributed by atoms with Crippen molar-refractivity contribution in [3.8, 4) is 0 Å². The number of esters is 2. The first-order valence-electron chi connectivity index (χ1n) is 17.8. The summed E-state index contributed by atoms with van der Waals surface area (Å²) in [6.07, 6.45) is 17.5. The predicted molar refractivity (Wildman–Crippen MR) is 177 cm³/mol. The fraction of sp³-hybridized carbons (Fsp3) is 0.882. The summed E-state index contributed by atoms with van der Waals surface area (Å²) in [5.74, 6) is -2.41. The minimum absolute atomic E-state index is 0.137. The van der Waals surface area contributed by atoms with E-state index in [-0.39, 0.29) is 12.8 Å². The van der Waals surface area contributed by atoms with Gasteiger partial charge in [-0.15, -0.1) is 0 Å². The summed E-state index contributed by atoms with van der Waals surface area (Å²) >= 11 is 0. The Labute approximate surface area is 267 Å². The summed E-state index contributed by atoms with van der Waals surface area (Å²) in [4.78, 5) is 51.7. The Balaban J connectivity index is 4.90. The predicted octanol–water partition coefficient (Wildman–Crippen LogP) is 5.58. The summed E-state index contributed by atoms with van der Waals surface area (Å²) in [5.41, 5.74) is 11.1. The van der Waals surface area contributed by atoms with Crippen LogP contribution in [0.25, 0.3) is 0 Å². The van der Waals surface area contributed by atoms with Crippen molar-refractivity contribution in [2.75, 3.05) is 26.2 Å². The Morgan fingerprint density at radius 1 is 0.477 bits per heavy atom. The SMILES string of the molecule is CCCNC(=O)[C@H](OC(=O)CCCCCCCCCCCN)[C@@H](OC(=O)CCCCCCCCCCCN)C(=O)NCCC. The lowest BCUT2D eigenvalue weighted by molar-refractivity contribution is -0.176. The summed E-state index contributed by atoms with van der Waals surface area (Å²) in [7, 11) is 0. The zero-order chi connectivity index (χ0) is 32.7. The van der Waals surface area contributed by atoms with E-state index in [4.69, 9.17) is 20.9 Å². The number of amides is 2. The van der Waals surface area contributed by atoms with Crippen LogP contribution in [-0.4, -0.2) is 62.1 Å². The van der Waals surface area contributed by atoms with Gasteiger partial charge in [0.05, 0.1) is 0 Å². The van der Waals surface area contributed by atoms with E-state index in [0.29, 0.717) is 38.8 Å². The molecule has 0 aromatic rings. The molecule has 0 saturated heterocycles. The number of nitrogens with one attached hydrogen (secondary N) is 2. The molecule has 258 valence electrons. The van der Waals surface area contributed by atoms with Crippen LogP contribution in [0.4, 0.5) is 0 Å². The summed E-state index contributed by atoms with van der Waals surface area (Å²) in [6.45, 7) is 6.00. The molecule has 0 saturated carbocycles. The first-order chi connectivity index (χ1) is 21.4. The quantitative estimate of drug-likeness (QED) is 0.0572. The molecule has 0 rings (SSSR count). The molecule has 0 spiro atoms. The summed E-state index contributed by atoms with van der Waals surface area (Å²) in [5, 5.41) is 5.40. The first kappa shape index (κ1) is 41.8. The topological polar surface area (TPSA) is 163 Å². The van der Waals surface area contributed by atoms with Crippen LogP contribution in [0.1, 0.15) is 155 Å². The second-order valence-electron chi connectivity index (χ2n) is 11.8. The standard InChI is InChI=1S/C34H66N4O6/c1-3-27-37-33(41)31(43-29(39)23-19-15-11-7-5-9-13-17-21-25-35)32(34(42)38-28-4-2)44-30(40)24-20-16-12-8-6-10-14-18-22-26-36/h31-32H,3-28,35-36H2,1-2H3,(H,37,41)(H,38,42)/t31-,32-/m1/s1. The van der Waals surface area contributed by atoms with Crippen LogP contribution in [0.5, 0.6) is 0 Å². The molecule has 0 aromatic heterocycles. The van der Waals surface area contributed by atoms with Gasteiger partial charge >= 0.3 is 11.9 Å². The van der Waals surface area contributed by atoms with Gasteiger partial charge in [-0.05, 0) is 51.6 Å². The molecule has 0 bridgehead atoms. The van der Waals surface area contributed by atoms with E-state index in [0.717, 1.165) is 64.5 Å². The van der Waals surface area contributed by atoms with E-state index >= 15 is 0 Å².